The highest BCUT2D eigenvalue weighted by Crippen LogP contribution is 2.21. The summed E-state index contributed by atoms with van der Waals surface area (Å²) in [6, 6.07) is 12.9. The summed E-state index contributed by atoms with van der Waals surface area (Å²) in [7, 11) is 0. The summed E-state index contributed by atoms with van der Waals surface area (Å²) in [5.74, 6) is -1.52. The highest BCUT2D eigenvalue weighted by Gasteiger charge is 2.17. The highest BCUT2D eigenvalue weighted by atomic mass is 16.3. The Hall–Kier alpha value is -2.66. The molecule has 0 bridgehead atoms. The van der Waals surface area contributed by atoms with Gasteiger partial charge in [-0.15, -0.1) is 0 Å². The van der Waals surface area contributed by atoms with Crippen LogP contribution >= 0.6 is 0 Å². The SMILES string of the molecule is Cc1cc(C)c(NC(=O)C(=O)NCC(O)c2ccccc2)c(C)c1. The second-order valence-electron chi connectivity index (χ2n) is 5.86. The Morgan fingerprint density at radius 3 is 2.17 bits per heavy atom. The average Bonchev–Trinajstić information content (AvgIpc) is 2.56. The predicted octanol–water partition coefficient (Wildman–Crippen LogP) is 2.40. The van der Waals surface area contributed by atoms with Gasteiger partial charge in [0, 0.05) is 12.2 Å². The van der Waals surface area contributed by atoms with Crippen molar-refractivity contribution in [3.63, 3.8) is 0 Å². The number of amides is 2. The van der Waals surface area contributed by atoms with Crippen LogP contribution in [0.5, 0.6) is 0 Å². The number of aliphatic hydroxyl groups is 1. The van der Waals surface area contributed by atoms with Crippen molar-refractivity contribution in [3.8, 4) is 0 Å². The van der Waals surface area contributed by atoms with E-state index in [-0.39, 0.29) is 6.54 Å². The lowest BCUT2D eigenvalue weighted by atomic mass is 10.1. The summed E-state index contributed by atoms with van der Waals surface area (Å²) < 4.78 is 0. The molecule has 0 spiro atoms. The Morgan fingerprint density at radius 1 is 1.00 bits per heavy atom. The van der Waals surface area contributed by atoms with Gasteiger partial charge >= 0.3 is 11.8 Å². The normalized spacial score (nSPS) is 11.7. The maximum Gasteiger partial charge on any atom is 0.313 e. The van der Waals surface area contributed by atoms with Gasteiger partial charge < -0.3 is 15.7 Å². The second kappa shape index (κ2) is 7.75. The van der Waals surface area contributed by atoms with Gasteiger partial charge in [0.15, 0.2) is 0 Å². The molecule has 1 atom stereocenters. The van der Waals surface area contributed by atoms with Crippen LogP contribution < -0.4 is 10.6 Å². The molecule has 3 N–H and O–H groups in total. The van der Waals surface area contributed by atoms with Crippen molar-refractivity contribution >= 4 is 17.5 Å². The Kier molecular flexibility index (Phi) is 5.71. The molecule has 5 heteroatoms. The van der Waals surface area contributed by atoms with Gasteiger partial charge in [-0.1, -0.05) is 48.0 Å². The van der Waals surface area contributed by atoms with Crippen LogP contribution in [0, 0.1) is 20.8 Å². The number of carbonyl (C=O) groups is 2. The molecule has 24 heavy (non-hydrogen) atoms. The number of rotatable bonds is 4. The number of hydrogen-bond donors (Lipinski definition) is 3. The van der Waals surface area contributed by atoms with E-state index >= 15 is 0 Å². The lowest BCUT2D eigenvalue weighted by molar-refractivity contribution is -0.136. The first-order chi connectivity index (χ1) is 11.4. The maximum absolute atomic E-state index is 12.0. The van der Waals surface area contributed by atoms with Crippen molar-refractivity contribution in [2.45, 2.75) is 26.9 Å². The highest BCUT2D eigenvalue weighted by molar-refractivity contribution is 6.39. The number of hydrogen-bond acceptors (Lipinski definition) is 3. The minimum Gasteiger partial charge on any atom is -0.387 e. The molecule has 0 radical (unpaired) electrons. The van der Waals surface area contributed by atoms with Crippen molar-refractivity contribution in [2.24, 2.45) is 0 Å². The zero-order chi connectivity index (χ0) is 17.7. The lowest BCUT2D eigenvalue weighted by Crippen LogP contribution is -2.37. The van der Waals surface area contributed by atoms with E-state index in [0.29, 0.717) is 11.3 Å². The number of aryl methyl sites for hydroxylation is 3. The molecule has 0 heterocycles. The molecular formula is C19H22N2O3. The zero-order valence-electron chi connectivity index (χ0n) is 14.1. The third-order valence-electron chi connectivity index (χ3n) is 3.76. The molecule has 0 aliphatic heterocycles. The largest absolute Gasteiger partial charge is 0.387 e. The van der Waals surface area contributed by atoms with Crippen LogP contribution in [-0.4, -0.2) is 23.5 Å². The minimum atomic E-state index is -0.856. The van der Waals surface area contributed by atoms with Gasteiger partial charge in [0.05, 0.1) is 6.10 Å². The average molecular weight is 326 g/mol. The number of aliphatic hydroxyl groups excluding tert-OH is 1. The fourth-order valence-electron chi connectivity index (χ4n) is 2.61. The van der Waals surface area contributed by atoms with Gasteiger partial charge in [0.1, 0.15) is 0 Å². The van der Waals surface area contributed by atoms with E-state index in [1.165, 1.54) is 0 Å². The van der Waals surface area contributed by atoms with Crippen LogP contribution in [0.1, 0.15) is 28.4 Å². The molecule has 2 rings (SSSR count). The zero-order valence-corrected chi connectivity index (χ0v) is 14.1. The summed E-state index contributed by atoms with van der Waals surface area (Å²) in [5, 5.41) is 15.1. The molecule has 0 aromatic heterocycles. The first-order valence-electron chi connectivity index (χ1n) is 7.78. The van der Waals surface area contributed by atoms with E-state index in [0.717, 1.165) is 16.7 Å². The number of benzene rings is 2. The molecule has 1 unspecified atom stereocenters. The van der Waals surface area contributed by atoms with Crippen molar-refractivity contribution < 1.29 is 14.7 Å². The van der Waals surface area contributed by atoms with E-state index in [1.807, 2.05) is 39.0 Å². The van der Waals surface area contributed by atoms with Crippen LogP contribution in [0.3, 0.4) is 0 Å². The third-order valence-corrected chi connectivity index (χ3v) is 3.76. The van der Waals surface area contributed by atoms with E-state index in [9.17, 15) is 14.7 Å². The van der Waals surface area contributed by atoms with Gasteiger partial charge in [-0.25, -0.2) is 0 Å². The standard InChI is InChI=1S/C19H22N2O3/c1-12-9-13(2)17(14(3)10-12)21-19(24)18(23)20-11-16(22)15-7-5-4-6-8-15/h4-10,16,22H,11H2,1-3H3,(H,20,23)(H,21,24). The van der Waals surface area contributed by atoms with Gasteiger partial charge in [-0.2, -0.15) is 0 Å². The van der Waals surface area contributed by atoms with E-state index in [4.69, 9.17) is 0 Å². The molecule has 0 aliphatic rings. The van der Waals surface area contributed by atoms with Crippen molar-refractivity contribution in [1.29, 1.82) is 0 Å². The number of nitrogens with one attached hydrogen (secondary N) is 2. The number of anilines is 1. The quantitative estimate of drug-likeness (QED) is 0.755. The van der Waals surface area contributed by atoms with Crippen LogP contribution in [0.4, 0.5) is 5.69 Å². The first kappa shape index (κ1) is 17.7. The van der Waals surface area contributed by atoms with Crippen molar-refractivity contribution in [2.75, 3.05) is 11.9 Å². The van der Waals surface area contributed by atoms with Gasteiger partial charge in [-0.3, -0.25) is 9.59 Å². The smallest absolute Gasteiger partial charge is 0.313 e. The Balaban J connectivity index is 1.95. The van der Waals surface area contributed by atoms with Crippen LogP contribution in [0.25, 0.3) is 0 Å². The van der Waals surface area contributed by atoms with Gasteiger partial charge in [0.2, 0.25) is 0 Å². The summed E-state index contributed by atoms with van der Waals surface area (Å²) >= 11 is 0. The summed E-state index contributed by atoms with van der Waals surface area (Å²) in [6.45, 7) is 5.71. The van der Waals surface area contributed by atoms with E-state index in [2.05, 4.69) is 10.6 Å². The first-order valence-corrected chi connectivity index (χ1v) is 7.78. The molecule has 0 saturated heterocycles. The number of carbonyl (C=O) groups excluding carboxylic acids is 2. The molecule has 126 valence electrons. The third kappa shape index (κ3) is 4.43. The molecule has 0 fully saturated rings. The van der Waals surface area contributed by atoms with Crippen LogP contribution in [0.15, 0.2) is 42.5 Å². The Labute approximate surface area is 141 Å². The van der Waals surface area contributed by atoms with Crippen LogP contribution in [-0.2, 0) is 9.59 Å². The van der Waals surface area contributed by atoms with Gasteiger partial charge in [-0.05, 0) is 37.5 Å². The molecule has 0 aliphatic carbocycles. The Bertz CT molecular complexity index is 719. The minimum absolute atomic E-state index is 0.0257. The van der Waals surface area contributed by atoms with E-state index in [1.54, 1.807) is 24.3 Å². The van der Waals surface area contributed by atoms with Gasteiger partial charge in [0.25, 0.3) is 0 Å². The molecule has 5 nitrogen and oxygen atoms in total. The molecular weight excluding hydrogens is 304 g/mol. The fourth-order valence-corrected chi connectivity index (χ4v) is 2.61. The monoisotopic (exact) mass is 326 g/mol. The summed E-state index contributed by atoms with van der Waals surface area (Å²) in [5.41, 5.74) is 4.22. The van der Waals surface area contributed by atoms with Crippen LogP contribution in [0.2, 0.25) is 0 Å². The predicted molar refractivity (Wildman–Crippen MR) is 93.7 cm³/mol. The molecule has 2 aromatic rings. The van der Waals surface area contributed by atoms with E-state index < -0.39 is 17.9 Å². The lowest BCUT2D eigenvalue weighted by Gasteiger charge is -2.14. The molecule has 2 aromatic carbocycles. The topological polar surface area (TPSA) is 78.4 Å². The summed E-state index contributed by atoms with van der Waals surface area (Å²) in [4.78, 5) is 24.0. The molecule has 2 amide bonds. The second-order valence-corrected chi connectivity index (χ2v) is 5.86. The maximum atomic E-state index is 12.0. The Morgan fingerprint density at radius 2 is 1.58 bits per heavy atom. The van der Waals surface area contributed by atoms with Crippen molar-refractivity contribution in [1.82, 2.24) is 5.32 Å². The summed E-state index contributed by atoms with van der Waals surface area (Å²) in [6.07, 6.45) is -0.856. The molecule has 0 saturated carbocycles. The fraction of sp³-hybridized carbons (Fsp3) is 0.263. The van der Waals surface area contributed by atoms with Crippen molar-refractivity contribution in [3.05, 3.63) is 64.7 Å².